The highest BCUT2D eigenvalue weighted by molar-refractivity contribution is 9.10. The molecule has 0 fully saturated rings. The number of halogens is 3. The fourth-order valence-corrected chi connectivity index (χ4v) is 2.21. The molecule has 2 aromatic rings. The minimum absolute atomic E-state index is 0.0615. The van der Waals surface area contributed by atoms with Gasteiger partial charge in [-0.3, -0.25) is 0 Å². The topological polar surface area (TPSA) is 39.2 Å². The number of fused-ring (bicyclic) bond motifs is 1. The van der Waals surface area contributed by atoms with Crippen LogP contribution in [-0.4, -0.2) is 0 Å². The van der Waals surface area contributed by atoms with Crippen molar-refractivity contribution < 1.29 is 8.81 Å². The highest BCUT2D eigenvalue weighted by Gasteiger charge is 2.16. The molecule has 0 saturated heterocycles. The highest BCUT2D eigenvalue weighted by Crippen LogP contribution is 2.34. The second-order valence-electron chi connectivity index (χ2n) is 3.33. The molecule has 0 bridgehead atoms. The first kappa shape index (κ1) is 10.9. The van der Waals surface area contributed by atoms with E-state index in [0.717, 1.165) is 0 Å². The van der Waals surface area contributed by atoms with Crippen LogP contribution < -0.4 is 5.73 Å². The Morgan fingerprint density at radius 2 is 2.20 bits per heavy atom. The highest BCUT2D eigenvalue weighted by atomic mass is 79.9. The molecule has 0 aliphatic carbocycles. The molecule has 2 nitrogen and oxygen atoms in total. The molecule has 0 amide bonds. The summed E-state index contributed by atoms with van der Waals surface area (Å²) in [6.07, 6.45) is 0. The van der Waals surface area contributed by atoms with Gasteiger partial charge < -0.3 is 10.2 Å². The number of hydrogen-bond acceptors (Lipinski definition) is 2. The fraction of sp³-hybridized carbons (Fsp3) is 0.200. The van der Waals surface area contributed by atoms with Crippen LogP contribution >= 0.6 is 27.5 Å². The molecule has 0 aliphatic rings. The molecule has 0 aliphatic heterocycles. The second kappa shape index (κ2) is 3.77. The summed E-state index contributed by atoms with van der Waals surface area (Å²) in [4.78, 5) is 0. The van der Waals surface area contributed by atoms with Gasteiger partial charge in [-0.25, -0.2) is 4.39 Å². The molecule has 1 atom stereocenters. The Morgan fingerprint density at radius 3 is 2.80 bits per heavy atom. The molecule has 0 spiro atoms. The molecule has 2 rings (SSSR count). The second-order valence-corrected chi connectivity index (χ2v) is 4.60. The molecule has 5 heteroatoms. The molecule has 0 saturated carbocycles. The Hall–Kier alpha value is -0.580. The van der Waals surface area contributed by atoms with Crippen molar-refractivity contribution in [3.05, 3.63) is 33.2 Å². The summed E-state index contributed by atoms with van der Waals surface area (Å²) >= 11 is 8.96. The van der Waals surface area contributed by atoms with Gasteiger partial charge in [-0.15, -0.1) is 0 Å². The minimum atomic E-state index is -0.481. The lowest BCUT2D eigenvalue weighted by molar-refractivity contribution is 0.511. The lowest BCUT2D eigenvalue weighted by atomic mass is 10.2. The Labute approximate surface area is 99.3 Å². The molecule has 80 valence electrons. The first-order valence-electron chi connectivity index (χ1n) is 4.33. The van der Waals surface area contributed by atoms with Crippen molar-refractivity contribution in [2.45, 2.75) is 13.0 Å². The van der Waals surface area contributed by atoms with Gasteiger partial charge in [-0.2, -0.15) is 0 Å². The molecule has 1 unspecified atom stereocenters. The zero-order chi connectivity index (χ0) is 11.2. The monoisotopic (exact) mass is 291 g/mol. The van der Waals surface area contributed by atoms with Crippen molar-refractivity contribution in [1.29, 1.82) is 0 Å². The maximum atomic E-state index is 13.6. The van der Waals surface area contributed by atoms with Gasteiger partial charge in [0.05, 0.1) is 20.9 Å². The molecular formula is C10H8BrClFNO. The Balaban J connectivity index is 2.80. The van der Waals surface area contributed by atoms with E-state index >= 15 is 0 Å². The summed E-state index contributed by atoms with van der Waals surface area (Å²) in [5, 5.41) is 0.410. The first-order valence-corrected chi connectivity index (χ1v) is 5.50. The van der Waals surface area contributed by atoms with E-state index in [0.29, 0.717) is 21.2 Å². The van der Waals surface area contributed by atoms with Crippen LogP contribution in [0.2, 0.25) is 5.02 Å². The van der Waals surface area contributed by atoms with E-state index < -0.39 is 5.82 Å². The summed E-state index contributed by atoms with van der Waals surface area (Å²) in [6, 6.07) is 2.77. The summed E-state index contributed by atoms with van der Waals surface area (Å²) in [6.45, 7) is 1.77. The number of hydrogen-bond donors (Lipinski definition) is 1. The Kier molecular flexibility index (Phi) is 2.75. The normalized spacial score (nSPS) is 13.4. The third-order valence-corrected chi connectivity index (χ3v) is 2.98. The largest absolute Gasteiger partial charge is 0.458 e. The predicted octanol–water partition coefficient (Wildman–Crippen LogP) is 4.01. The zero-order valence-corrected chi connectivity index (χ0v) is 10.2. The lowest BCUT2D eigenvalue weighted by Gasteiger charge is -1.98. The van der Waals surface area contributed by atoms with Gasteiger partial charge >= 0.3 is 0 Å². The van der Waals surface area contributed by atoms with Crippen molar-refractivity contribution in [1.82, 2.24) is 0 Å². The van der Waals surface area contributed by atoms with Gasteiger partial charge in [0.2, 0.25) is 0 Å². The van der Waals surface area contributed by atoms with E-state index in [9.17, 15) is 4.39 Å². The molecule has 0 radical (unpaired) electrons. The van der Waals surface area contributed by atoms with Crippen LogP contribution in [0.25, 0.3) is 11.0 Å². The molecular weight excluding hydrogens is 284 g/mol. The van der Waals surface area contributed by atoms with Gasteiger partial charge in [0.1, 0.15) is 5.76 Å². The van der Waals surface area contributed by atoms with Crippen molar-refractivity contribution in [2.75, 3.05) is 0 Å². The van der Waals surface area contributed by atoms with E-state index in [1.54, 1.807) is 13.0 Å². The van der Waals surface area contributed by atoms with Crippen LogP contribution in [-0.2, 0) is 0 Å². The van der Waals surface area contributed by atoms with Crippen LogP contribution in [0.15, 0.2) is 21.0 Å². The van der Waals surface area contributed by atoms with Crippen molar-refractivity contribution in [2.24, 2.45) is 5.73 Å². The van der Waals surface area contributed by atoms with Crippen molar-refractivity contribution in [3.63, 3.8) is 0 Å². The van der Waals surface area contributed by atoms with E-state index in [1.165, 1.54) is 6.07 Å². The van der Waals surface area contributed by atoms with Crippen LogP contribution in [0.5, 0.6) is 0 Å². The van der Waals surface area contributed by atoms with E-state index in [4.69, 9.17) is 21.8 Å². The van der Waals surface area contributed by atoms with E-state index in [2.05, 4.69) is 15.9 Å². The number of nitrogens with two attached hydrogens (primary N) is 1. The van der Waals surface area contributed by atoms with Gasteiger partial charge in [0, 0.05) is 0 Å². The molecule has 1 aromatic heterocycles. The average molecular weight is 293 g/mol. The fourth-order valence-electron chi connectivity index (χ4n) is 1.34. The Morgan fingerprint density at radius 1 is 1.53 bits per heavy atom. The number of rotatable bonds is 1. The van der Waals surface area contributed by atoms with Crippen molar-refractivity contribution >= 4 is 38.5 Å². The van der Waals surface area contributed by atoms with Gasteiger partial charge in [0.15, 0.2) is 11.4 Å². The molecule has 15 heavy (non-hydrogen) atoms. The standard InChI is InChI=1S/C10H8BrClFNO/c1-4(14)8-2-5-9(13)7(12)3-6(11)10(5)15-8/h2-4H,14H2,1H3. The average Bonchev–Trinajstić information content (AvgIpc) is 2.59. The number of furan rings is 1. The molecule has 1 aromatic carbocycles. The predicted molar refractivity (Wildman–Crippen MR) is 61.5 cm³/mol. The third kappa shape index (κ3) is 1.77. The van der Waals surface area contributed by atoms with Gasteiger partial charge in [0.25, 0.3) is 0 Å². The summed E-state index contributed by atoms with van der Waals surface area (Å²) < 4.78 is 19.6. The summed E-state index contributed by atoms with van der Waals surface area (Å²) in [7, 11) is 0. The lowest BCUT2D eigenvalue weighted by Crippen LogP contribution is -2.02. The van der Waals surface area contributed by atoms with E-state index in [1.807, 2.05) is 0 Å². The maximum absolute atomic E-state index is 13.6. The SMILES string of the molecule is CC(N)c1cc2c(F)c(Cl)cc(Br)c2o1. The third-order valence-electron chi connectivity index (χ3n) is 2.12. The number of benzene rings is 1. The molecule has 2 N–H and O–H groups in total. The van der Waals surface area contributed by atoms with Gasteiger partial charge in [-0.05, 0) is 35.0 Å². The Bertz CT molecular complexity index is 524. The minimum Gasteiger partial charge on any atom is -0.458 e. The summed E-state index contributed by atoms with van der Waals surface area (Å²) in [5.41, 5.74) is 6.09. The van der Waals surface area contributed by atoms with Crippen LogP contribution in [0.1, 0.15) is 18.7 Å². The zero-order valence-electron chi connectivity index (χ0n) is 7.85. The van der Waals surface area contributed by atoms with Gasteiger partial charge in [-0.1, -0.05) is 11.6 Å². The van der Waals surface area contributed by atoms with Crippen molar-refractivity contribution in [3.8, 4) is 0 Å². The van der Waals surface area contributed by atoms with Crippen LogP contribution in [0.4, 0.5) is 4.39 Å². The van der Waals surface area contributed by atoms with E-state index in [-0.39, 0.29) is 11.1 Å². The van der Waals surface area contributed by atoms with Crippen LogP contribution in [0.3, 0.4) is 0 Å². The van der Waals surface area contributed by atoms with Crippen LogP contribution in [0, 0.1) is 5.82 Å². The summed E-state index contributed by atoms with van der Waals surface area (Å²) in [5.74, 6) is 0.0531. The quantitative estimate of drug-likeness (QED) is 0.807. The molecule has 1 heterocycles. The maximum Gasteiger partial charge on any atom is 0.152 e. The smallest absolute Gasteiger partial charge is 0.152 e. The first-order chi connectivity index (χ1) is 7.00.